The van der Waals surface area contributed by atoms with Crippen molar-refractivity contribution in [1.29, 1.82) is 0 Å². The van der Waals surface area contributed by atoms with Crippen LogP contribution in [0.3, 0.4) is 0 Å². The quantitative estimate of drug-likeness (QED) is 0.865. The van der Waals surface area contributed by atoms with E-state index in [9.17, 15) is 0 Å². The second-order valence-electron chi connectivity index (χ2n) is 9.08. The molecule has 0 radical (unpaired) electrons. The van der Waals surface area contributed by atoms with E-state index in [0.29, 0.717) is 12.0 Å². The maximum Gasteiger partial charge on any atom is 0.0691 e. The minimum atomic E-state index is -0.0550. The van der Waals surface area contributed by atoms with Crippen LogP contribution in [0, 0.1) is 29.1 Å². The maximum atomic E-state index is 6.90. The number of ether oxygens (including phenoxy) is 1. The maximum absolute atomic E-state index is 6.90. The van der Waals surface area contributed by atoms with Crippen LogP contribution >= 0.6 is 0 Å². The molecule has 2 N–H and O–H groups in total. The van der Waals surface area contributed by atoms with Crippen molar-refractivity contribution in [2.75, 3.05) is 26.7 Å². The lowest BCUT2D eigenvalue weighted by Gasteiger charge is -2.63. The van der Waals surface area contributed by atoms with Gasteiger partial charge in [-0.1, -0.05) is 20.3 Å². The predicted octanol–water partition coefficient (Wildman–Crippen LogP) is 2.50. The van der Waals surface area contributed by atoms with Gasteiger partial charge in [-0.25, -0.2) is 0 Å². The Balaban J connectivity index is 1.39. The summed E-state index contributed by atoms with van der Waals surface area (Å²) < 4.78 is 5.92. The topological polar surface area (TPSA) is 38.5 Å². The Morgan fingerprint density at radius 2 is 2.00 bits per heavy atom. The summed E-state index contributed by atoms with van der Waals surface area (Å²) in [5.74, 6) is 3.59. The minimum Gasteiger partial charge on any atom is -0.377 e. The van der Waals surface area contributed by atoms with Gasteiger partial charge in [0.2, 0.25) is 0 Å². The van der Waals surface area contributed by atoms with Crippen LogP contribution in [0.4, 0.5) is 0 Å². The summed E-state index contributed by atoms with van der Waals surface area (Å²) in [5.41, 5.74) is 6.96. The summed E-state index contributed by atoms with van der Waals surface area (Å²) in [5, 5.41) is 0. The first-order valence-corrected chi connectivity index (χ1v) is 9.01. The van der Waals surface area contributed by atoms with Gasteiger partial charge in [0.25, 0.3) is 0 Å². The number of fused-ring (bicyclic) bond motifs is 3. The van der Waals surface area contributed by atoms with Crippen LogP contribution in [0.5, 0.6) is 0 Å². The highest BCUT2D eigenvalue weighted by atomic mass is 16.5. The molecule has 3 nitrogen and oxygen atoms in total. The van der Waals surface area contributed by atoms with Crippen molar-refractivity contribution >= 4 is 0 Å². The van der Waals surface area contributed by atoms with Gasteiger partial charge < -0.3 is 15.4 Å². The van der Waals surface area contributed by atoms with Gasteiger partial charge in [-0.15, -0.1) is 0 Å². The van der Waals surface area contributed by atoms with Gasteiger partial charge in [0.15, 0.2) is 0 Å². The summed E-state index contributed by atoms with van der Waals surface area (Å²) in [7, 11) is 2.29. The molecule has 0 aromatic heterocycles. The summed E-state index contributed by atoms with van der Waals surface area (Å²) in [6.07, 6.45) is 7.54. The molecule has 2 bridgehead atoms. The second-order valence-corrected chi connectivity index (χ2v) is 9.08. The SMILES string of the molecule is CN(CC1CC2CCC1C2)CC1(N)C2CCOC2C1(C)C. The number of nitrogens with zero attached hydrogens (tertiary/aromatic N) is 1. The lowest BCUT2D eigenvalue weighted by molar-refractivity contribution is -0.162. The normalized spacial score (nSPS) is 50.4. The van der Waals surface area contributed by atoms with Crippen molar-refractivity contribution in [1.82, 2.24) is 4.90 Å². The average Bonchev–Trinajstić information content (AvgIpc) is 3.13. The zero-order chi connectivity index (χ0) is 14.8. The highest BCUT2D eigenvalue weighted by Gasteiger charge is 2.67. The molecule has 21 heavy (non-hydrogen) atoms. The largest absolute Gasteiger partial charge is 0.377 e. The van der Waals surface area contributed by atoms with Crippen LogP contribution in [0.1, 0.15) is 46.0 Å². The highest BCUT2D eigenvalue weighted by Crippen LogP contribution is 2.58. The van der Waals surface area contributed by atoms with Gasteiger partial charge >= 0.3 is 0 Å². The van der Waals surface area contributed by atoms with Crippen molar-refractivity contribution in [3.63, 3.8) is 0 Å². The third-order valence-electron chi connectivity index (χ3n) is 7.63. The first kappa shape index (κ1) is 14.5. The van der Waals surface area contributed by atoms with Crippen molar-refractivity contribution in [3.05, 3.63) is 0 Å². The molecule has 0 aromatic carbocycles. The van der Waals surface area contributed by atoms with Crippen molar-refractivity contribution in [2.45, 2.75) is 57.6 Å². The molecule has 1 heterocycles. The molecule has 4 fully saturated rings. The van der Waals surface area contributed by atoms with Gasteiger partial charge in [0.1, 0.15) is 0 Å². The summed E-state index contributed by atoms with van der Waals surface area (Å²) in [4.78, 5) is 2.54. The van der Waals surface area contributed by atoms with Crippen LogP contribution in [-0.4, -0.2) is 43.3 Å². The smallest absolute Gasteiger partial charge is 0.0691 e. The van der Waals surface area contributed by atoms with Gasteiger partial charge in [0.05, 0.1) is 6.10 Å². The Kier molecular flexibility index (Phi) is 3.23. The Morgan fingerprint density at radius 3 is 2.67 bits per heavy atom. The molecule has 120 valence electrons. The fraction of sp³-hybridized carbons (Fsp3) is 1.00. The molecular formula is C18H32N2O. The van der Waals surface area contributed by atoms with E-state index in [4.69, 9.17) is 10.5 Å². The van der Waals surface area contributed by atoms with E-state index in [1.807, 2.05) is 0 Å². The Labute approximate surface area is 129 Å². The molecule has 6 atom stereocenters. The molecule has 1 saturated heterocycles. The zero-order valence-electron chi connectivity index (χ0n) is 14.0. The van der Waals surface area contributed by atoms with Crippen molar-refractivity contribution < 1.29 is 4.74 Å². The van der Waals surface area contributed by atoms with Crippen LogP contribution in [-0.2, 0) is 4.74 Å². The lowest BCUT2D eigenvalue weighted by Crippen LogP contribution is -2.78. The molecule has 0 spiro atoms. The van der Waals surface area contributed by atoms with E-state index in [-0.39, 0.29) is 11.0 Å². The zero-order valence-corrected chi connectivity index (χ0v) is 14.0. The molecule has 4 rings (SSSR count). The number of hydrogen-bond donors (Lipinski definition) is 1. The van der Waals surface area contributed by atoms with Crippen molar-refractivity contribution in [3.8, 4) is 0 Å². The fourth-order valence-corrected chi connectivity index (χ4v) is 6.31. The van der Waals surface area contributed by atoms with Gasteiger partial charge in [0, 0.05) is 36.6 Å². The summed E-state index contributed by atoms with van der Waals surface area (Å²) >= 11 is 0. The number of hydrogen-bond acceptors (Lipinski definition) is 3. The fourth-order valence-electron chi connectivity index (χ4n) is 6.31. The first-order chi connectivity index (χ1) is 9.92. The van der Waals surface area contributed by atoms with E-state index in [0.717, 1.165) is 37.3 Å². The Morgan fingerprint density at radius 1 is 1.19 bits per heavy atom. The number of likely N-dealkylation sites (N-methyl/N-ethyl adjacent to an activating group) is 1. The summed E-state index contributed by atoms with van der Waals surface area (Å²) in [6.45, 7) is 7.83. The van der Waals surface area contributed by atoms with E-state index in [1.165, 1.54) is 32.2 Å². The van der Waals surface area contributed by atoms with Crippen molar-refractivity contribution in [2.24, 2.45) is 34.8 Å². The molecular weight excluding hydrogens is 260 g/mol. The van der Waals surface area contributed by atoms with Crippen LogP contribution in [0.2, 0.25) is 0 Å². The molecule has 4 aliphatic rings. The second kappa shape index (κ2) is 4.69. The predicted molar refractivity (Wildman–Crippen MR) is 85.0 cm³/mol. The molecule has 1 aliphatic heterocycles. The Hall–Kier alpha value is -0.120. The summed E-state index contributed by atoms with van der Waals surface area (Å²) in [6, 6.07) is 0. The van der Waals surface area contributed by atoms with Crippen LogP contribution in [0.25, 0.3) is 0 Å². The van der Waals surface area contributed by atoms with E-state index in [1.54, 1.807) is 0 Å². The average molecular weight is 292 g/mol. The van der Waals surface area contributed by atoms with E-state index >= 15 is 0 Å². The van der Waals surface area contributed by atoms with E-state index < -0.39 is 0 Å². The first-order valence-electron chi connectivity index (χ1n) is 9.01. The molecule has 0 amide bonds. The van der Waals surface area contributed by atoms with Crippen LogP contribution in [0.15, 0.2) is 0 Å². The number of rotatable bonds is 4. The minimum absolute atomic E-state index is 0.0550. The molecule has 0 aromatic rings. The standard InChI is InChI=1S/C18H32N2O/c1-17(2)16-15(6-7-21-16)18(17,19)11-20(3)10-14-9-12-4-5-13(14)8-12/h12-16H,4-11,19H2,1-3H3. The van der Waals surface area contributed by atoms with Gasteiger partial charge in [-0.3, -0.25) is 0 Å². The van der Waals surface area contributed by atoms with Gasteiger partial charge in [-0.05, 0) is 50.5 Å². The molecule has 3 saturated carbocycles. The Bertz CT molecular complexity index is 423. The third kappa shape index (κ3) is 1.96. The lowest BCUT2D eigenvalue weighted by atomic mass is 9.48. The monoisotopic (exact) mass is 292 g/mol. The molecule has 3 heteroatoms. The highest BCUT2D eigenvalue weighted by molar-refractivity contribution is 5.21. The van der Waals surface area contributed by atoms with Crippen LogP contribution < -0.4 is 5.73 Å². The number of nitrogens with two attached hydrogens (primary N) is 1. The molecule has 3 aliphatic carbocycles. The van der Waals surface area contributed by atoms with Gasteiger partial charge in [-0.2, -0.15) is 0 Å². The van der Waals surface area contributed by atoms with E-state index in [2.05, 4.69) is 25.8 Å². The third-order valence-corrected chi connectivity index (χ3v) is 7.63. The molecule has 6 unspecified atom stereocenters.